The van der Waals surface area contributed by atoms with Gasteiger partial charge in [0.1, 0.15) is 5.82 Å². The zero-order valence-electron chi connectivity index (χ0n) is 13.5. The highest BCUT2D eigenvalue weighted by Gasteiger charge is 2.23. The molecule has 1 aromatic heterocycles. The molecule has 0 atom stereocenters. The summed E-state index contributed by atoms with van der Waals surface area (Å²) in [6, 6.07) is 0. The quantitative estimate of drug-likeness (QED) is 0.835. The van der Waals surface area contributed by atoms with E-state index in [9.17, 15) is 9.59 Å². The van der Waals surface area contributed by atoms with E-state index < -0.39 is 0 Å². The number of anilines is 1. The van der Waals surface area contributed by atoms with Gasteiger partial charge in [0, 0.05) is 33.7 Å². The van der Waals surface area contributed by atoms with Crippen LogP contribution in [-0.4, -0.2) is 51.8 Å². The molecule has 7 nitrogen and oxygen atoms in total. The van der Waals surface area contributed by atoms with Gasteiger partial charge in [-0.2, -0.15) is 0 Å². The maximum absolute atomic E-state index is 12.3. The molecule has 0 radical (unpaired) electrons. The van der Waals surface area contributed by atoms with E-state index in [0.29, 0.717) is 24.6 Å². The van der Waals surface area contributed by atoms with E-state index in [1.165, 1.54) is 48.5 Å². The first-order chi connectivity index (χ1) is 10.6. The molecule has 1 saturated heterocycles. The molecule has 0 unspecified atom stereocenters. The third-order valence-corrected chi connectivity index (χ3v) is 4.79. The Hall–Kier alpha value is -1.60. The van der Waals surface area contributed by atoms with E-state index in [-0.39, 0.29) is 11.2 Å². The first-order valence-corrected chi connectivity index (χ1v) is 8.05. The van der Waals surface area contributed by atoms with Crippen molar-refractivity contribution in [2.45, 2.75) is 25.8 Å². The van der Waals surface area contributed by atoms with Crippen LogP contribution in [0.2, 0.25) is 0 Å². The number of rotatable bonds is 3. The molecule has 3 rings (SSSR count). The zero-order chi connectivity index (χ0) is 15.7. The van der Waals surface area contributed by atoms with E-state index in [1.54, 1.807) is 7.05 Å². The predicted octanol–water partition coefficient (Wildman–Crippen LogP) is -0.245. The Morgan fingerprint density at radius 3 is 2.36 bits per heavy atom. The predicted molar refractivity (Wildman–Crippen MR) is 86.1 cm³/mol. The first-order valence-electron chi connectivity index (χ1n) is 8.05. The highest BCUT2D eigenvalue weighted by molar-refractivity contribution is 5.45. The summed E-state index contributed by atoms with van der Waals surface area (Å²) in [6.45, 7) is 5.65. The number of aromatic nitrogens is 2. The summed E-state index contributed by atoms with van der Waals surface area (Å²) < 4.78 is 2.72. The van der Waals surface area contributed by atoms with Crippen molar-refractivity contribution in [3.05, 3.63) is 26.4 Å². The van der Waals surface area contributed by atoms with Crippen LogP contribution in [-0.2, 0) is 20.6 Å². The van der Waals surface area contributed by atoms with Gasteiger partial charge in [0.25, 0.3) is 5.56 Å². The minimum Gasteiger partial charge on any atom is -0.358 e. The topological polar surface area (TPSA) is 62.5 Å². The van der Waals surface area contributed by atoms with Crippen LogP contribution in [0.15, 0.2) is 9.59 Å². The summed E-state index contributed by atoms with van der Waals surface area (Å²) in [4.78, 5) is 29.0. The van der Waals surface area contributed by atoms with Crippen LogP contribution < -0.4 is 16.6 Å². The molecular formula is C15H25N5O2. The van der Waals surface area contributed by atoms with Crippen molar-refractivity contribution >= 4 is 5.82 Å². The minimum absolute atomic E-state index is 0.187. The van der Waals surface area contributed by atoms with Gasteiger partial charge in [-0.3, -0.25) is 18.8 Å². The molecule has 0 aliphatic carbocycles. The van der Waals surface area contributed by atoms with Gasteiger partial charge < -0.3 is 10.2 Å². The maximum atomic E-state index is 12.3. The Morgan fingerprint density at radius 1 is 0.955 bits per heavy atom. The second-order valence-electron chi connectivity index (χ2n) is 6.32. The van der Waals surface area contributed by atoms with Crippen LogP contribution in [0.4, 0.5) is 5.82 Å². The second kappa shape index (κ2) is 6.26. The standard InChI is InChI=1S/C15H25N5O2/c1-17-13-12(14(21)18(2)15(17)22)10-20(11-16-13)9-8-19-6-4-3-5-7-19/h16H,3-11H2,1-2H3. The highest BCUT2D eigenvalue weighted by atomic mass is 16.2. The Bertz CT molecular complexity index is 657. The molecular weight excluding hydrogens is 282 g/mol. The number of hydrogen-bond donors (Lipinski definition) is 1. The van der Waals surface area contributed by atoms with Gasteiger partial charge in [0.2, 0.25) is 0 Å². The number of likely N-dealkylation sites (tertiary alicyclic amines) is 1. The third-order valence-electron chi connectivity index (χ3n) is 4.79. The number of piperidine rings is 1. The molecule has 22 heavy (non-hydrogen) atoms. The molecule has 1 fully saturated rings. The Morgan fingerprint density at radius 2 is 1.64 bits per heavy atom. The van der Waals surface area contributed by atoms with Crippen molar-refractivity contribution < 1.29 is 0 Å². The van der Waals surface area contributed by atoms with Gasteiger partial charge in [-0.1, -0.05) is 6.42 Å². The van der Waals surface area contributed by atoms with Crippen molar-refractivity contribution in [2.24, 2.45) is 14.1 Å². The van der Waals surface area contributed by atoms with Crippen molar-refractivity contribution in [1.82, 2.24) is 18.9 Å². The maximum Gasteiger partial charge on any atom is 0.332 e. The largest absolute Gasteiger partial charge is 0.358 e. The van der Waals surface area contributed by atoms with Gasteiger partial charge in [-0.15, -0.1) is 0 Å². The lowest BCUT2D eigenvalue weighted by Crippen LogP contribution is -2.47. The van der Waals surface area contributed by atoms with Crippen molar-refractivity contribution in [2.75, 3.05) is 38.2 Å². The normalized spacial score (nSPS) is 19.7. The monoisotopic (exact) mass is 307 g/mol. The van der Waals surface area contributed by atoms with Gasteiger partial charge in [0.15, 0.2) is 0 Å². The smallest absolute Gasteiger partial charge is 0.332 e. The van der Waals surface area contributed by atoms with E-state index >= 15 is 0 Å². The van der Waals surface area contributed by atoms with Crippen molar-refractivity contribution in [1.29, 1.82) is 0 Å². The fourth-order valence-corrected chi connectivity index (χ4v) is 3.37. The summed E-state index contributed by atoms with van der Waals surface area (Å²) in [5, 5.41) is 3.23. The summed E-state index contributed by atoms with van der Waals surface area (Å²) in [5.74, 6) is 0.669. The Balaban J connectivity index is 1.71. The van der Waals surface area contributed by atoms with Gasteiger partial charge >= 0.3 is 5.69 Å². The average molecular weight is 307 g/mol. The molecule has 0 saturated carbocycles. The molecule has 1 aromatic rings. The molecule has 122 valence electrons. The molecule has 2 aliphatic heterocycles. The number of nitrogens with one attached hydrogen (secondary N) is 1. The Kier molecular flexibility index (Phi) is 4.35. The zero-order valence-corrected chi connectivity index (χ0v) is 13.5. The first kappa shape index (κ1) is 15.3. The third kappa shape index (κ3) is 2.83. The molecule has 0 aromatic carbocycles. The van der Waals surface area contributed by atoms with Crippen LogP contribution in [0.25, 0.3) is 0 Å². The van der Waals surface area contributed by atoms with E-state index in [0.717, 1.165) is 13.1 Å². The molecule has 1 N–H and O–H groups in total. The highest BCUT2D eigenvalue weighted by Crippen LogP contribution is 2.16. The molecule has 2 aliphatic rings. The van der Waals surface area contributed by atoms with Gasteiger partial charge in [-0.25, -0.2) is 4.79 Å². The van der Waals surface area contributed by atoms with Crippen LogP contribution in [0.5, 0.6) is 0 Å². The molecule has 3 heterocycles. The lowest BCUT2D eigenvalue weighted by Gasteiger charge is -2.33. The van der Waals surface area contributed by atoms with Crippen molar-refractivity contribution in [3.63, 3.8) is 0 Å². The molecule has 0 amide bonds. The van der Waals surface area contributed by atoms with Gasteiger partial charge in [-0.05, 0) is 25.9 Å². The number of fused-ring (bicyclic) bond motifs is 1. The average Bonchev–Trinajstić information content (AvgIpc) is 2.57. The molecule has 0 spiro atoms. The SMILES string of the molecule is Cn1c2c(c(=O)n(C)c1=O)CN(CCN1CCCCC1)CN2. The summed E-state index contributed by atoms with van der Waals surface area (Å²) in [7, 11) is 3.24. The summed E-state index contributed by atoms with van der Waals surface area (Å²) in [6.07, 6.45) is 3.94. The Labute approximate surface area is 130 Å². The molecule has 7 heteroatoms. The van der Waals surface area contributed by atoms with Gasteiger partial charge in [0.05, 0.1) is 12.2 Å². The van der Waals surface area contributed by atoms with E-state index in [1.807, 2.05) is 0 Å². The summed E-state index contributed by atoms with van der Waals surface area (Å²) >= 11 is 0. The van der Waals surface area contributed by atoms with Crippen molar-refractivity contribution in [3.8, 4) is 0 Å². The van der Waals surface area contributed by atoms with Crippen LogP contribution in [0.3, 0.4) is 0 Å². The number of hydrogen-bond acceptors (Lipinski definition) is 5. The van der Waals surface area contributed by atoms with E-state index in [4.69, 9.17) is 0 Å². The summed E-state index contributed by atoms with van der Waals surface area (Å²) in [5.41, 5.74) is 0.223. The van der Waals surface area contributed by atoms with Crippen LogP contribution in [0, 0.1) is 0 Å². The second-order valence-corrected chi connectivity index (χ2v) is 6.32. The van der Waals surface area contributed by atoms with Crippen LogP contribution >= 0.6 is 0 Å². The van der Waals surface area contributed by atoms with Crippen LogP contribution in [0.1, 0.15) is 24.8 Å². The molecule has 0 bridgehead atoms. The number of nitrogens with zero attached hydrogens (tertiary/aromatic N) is 4. The van der Waals surface area contributed by atoms with E-state index in [2.05, 4.69) is 15.1 Å². The minimum atomic E-state index is -0.280. The fraction of sp³-hybridized carbons (Fsp3) is 0.733. The lowest BCUT2D eigenvalue weighted by molar-refractivity contribution is 0.179. The lowest BCUT2D eigenvalue weighted by atomic mass is 10.1. The fourth-order valence-electron chi connectivity index (χ4n) is 3.37.